The Labute approximate surface area is 103 Å². The topological polar surface area (TPSA) is 58.6 Å². The van der Waals surface area contributed by atoms with Crippen molar-refractivity contribution in [2.24, 2.45) is 0 Å². The van der Waals surface area contributed by atoms with Crippen molar-refractivity contribution in [3.63, 3.8) is 0 Å². The second-order valence-electron chi connectivity index (χ2n) is 3.85. The minimum absolute atomic E-state index is 0.315. The molecule has 1 aromatic carbocycles. The van der Waals surface area contributed by atoms with E-state index in [2.05, 4.69) is 5.32 Å². The third kappa shape index (κ3) is 4.25. The molecule has 0 heterocycles. The zero-order chi connectivity index (χ0) is 12.7. The van der Waals surface area contributed by atoms with E-state index in [9.17, 15) is 9.46 Å². The predicted octanol–water partition coefficient (Wildman–Crippen LogP) is 2.91. The Kier molecular flexibility index (Phi) is 5.86. The van der Waals surface area contributed by atoms with E-state index >= 15 is 0 Å². The Balaban J connectivity index is 2.76. The highest BCUT2D eigenvalue weighted by Crippen LogP contribution is 2.54. The van der Waals surface area contributed by atoms with Crippen molar-refractivity contribution >= 4 is 7.60 Å². The molecule has 4 nitrogen and oxygen atoms in total. The fraction of sp³-hybridized carbons (Fsp3) is 0.500. The van der Waals surface area contributed by atoms with Crippen LogP contribution >= 0.6 is 7.60 Å². The molecule has 0 saturated carbocycles. The Morgan fingerprint density at radius 3 is 2.59 bits per heavy atom. The van der Waals surface area contributed by atoms with Crippen LogP contribution in [0.25, 0.3) is 0 Å². The van der Waals surface area contributed by atoms with Crippen molar-refractivity contribution in [3.05, 3.63) is 35.9 Å². The summed E-state index contributed by atoms with van der Waals surface area (Å²) in [6.07, 6.45) is 1.73. The van der Waals surface area contributed by atoms with Crippen LogP contribution in [0.1, 0.15) is 31.1 Å². The summed E-state index contributed by atoms with van der Waals surface area (Å²) in [6, 6.07) is 9.17. The number of unbranched alkanes of at least 4 members (excludes halogenated alkanes) is 1. The molecule has 1 rings (SSSR count). The van der Waals surface area contributed by atoms with Crippen LogP contribution in [0.15, 0.2) is 30.3 Å². The highest BCUT2D eigenvalue weighted by atomic mass is 31.2. The van der Waals surface area contributed by atoms with Crippen molar-refractivity contribution in [2.45, 2.75) is 25.5 Å². The summed E-state index contributed by atoms with van der Waals surface area (Å²) in [5.41, 5.74) is 0.761. The highest BCUT2D eigenvalue weighted by Gasteiger charge is 2.32. The van der Waals surface area contributed by atoms with Gasteiger partial charge in [0.05, 0.1) is 6.61 Å². The highest BCUT2D eigenvalue weighted by molar-refractivity contribution is 7.53. The third-order valence-corrected chi connectivity index (χ3v) is 4.25. The molecule has 0 aliphatic heterocycles. The van der Waals surface area contributed by atoms with Crippen LogP contribution in [0.2, 0.25) is 0 Å². The van der Waals surface area contributed by atoms with Gasteiger partial charge in [-0.25, -0.2) is 0 Å². The molecule has 0 bridgehead atoms. The summed E-state index contributed by atoms with van der Waals surface area (Å²) in [5, 5.41) is 2.85. The van der Waals surface area contributed by atoms with Gasteiger partial charge < -0.3 is 14.7 Å². The smallest absolute Gasteiger partial charge is 0.323 e. The maximum absolute atomic E-state index is 12.1. The molecule has 0 spiro atoms. The quantitative estimate of drug-likeness (QED) is 0.582. The molecule has 0 aliphatic rings. The average Bonchev–Trinajstić information content (AvgIpc) is 2.31. The predicted molar refractivity (Wildman–Crippen MR) is 68.9 cm³/mol. The lowest BCUT2D eigenvalue weighted by molar-refractivity contribution is 0.243. The fourth-order valence-electron chi connectivity index (χ4n) is 1.57. The molecule has 0 fully saturated rings. The van der Waals surface area contributed by atoms with Crippen molar-refractivity contribution in [2.75, 3.05) is 13.7 Å². The minimum Gasteiger partial charge on any atom is -0.323 e. The van der Waals surface area contributed by atoms with Gasteiger partial charge in [-0.3, -0.25) is 4.57 Å². The number of hydrogen-bond acceptors (Lipinski definition) is 3. The van der Waals surface area contributed by atoms with E-state index in [0.29, 0.717) is 6.61 Å². The van der Waals surface area contributed by atoms with E-state index in [-0.39, 0.29) is 0 Å². The summed E-state index contributed by atoms with van der Waals surface area (Å²) >= 11 is 0. The number of rotatable bonds is 7. The van der Waals surface area contributed by atoms with Gasteiger partial charge in [0.1, 0.15) is 5.78 Å². The van der Waals surface area contributed by atoms with Gasteiger partial charge in [-0.15, -0.1) is 0 Å². The lowest BCUT2D eigenvalue weighted by Gasteiger charge is -2.22. The standard InChI is InChI=1S/C12H20NO3P/c1-3-4-10-16-17(14,15)12(13-2)11-8-6-5-7-9-11/h5-9,12-13H,3-4,10H2,1-2H3,(H,14,15). The number of nitrogens with one attached hydrogen (secondary N) is 1. The molecule has 2 N–H and O–H groups in total. The lowest BCUT2D eigenvalue weighted by Crippen LogP contribution is -2.18. The van der Waals surface area contributed by atoms with Crippen LogP contribution in [0.4, 0.5) is 0 Å². The molecule has 96 valence electrons. The van der Waals surface area contributed by atoms with Crippen LogP contribution in [-0.2, 0) is 9.09 Å². The molecule has 0 aliphatic carbocycles. The van der Waals surface area contributed by atoms with Gasteiger partial charge in [-0.05, 0) is 19.0 Å². The molecular formula is C12H20NO3P. The molecule has 2 atom stereocenters. The Hall–Kier alpha value is -0.670. The van der Waals surface area contributed by atoms with Crippen molar-refractivity contribution in [1.82, 2.24) is 5.32 Å². The van der Waals surface area contributed by atoms with Crippen LogP contribution < -0.4 is 5.32 Å². The summed E-state index contributed by atoms with van der Waals surface area (Å²) in [6.45, 7) is 2.33. The van der Waals surface area contributed by atoms with E-state index in [4.69, 9.17) is 4.52 Å². The number of hydrogen-bond donors (Lipinski definition) is 2. The molecule has 2 unspecified atom stereocenters. The Morgan fingerprint density at radius 1 is 1.41 bits per heavy atom. The summed E-state index contributed by atoms with van der Waals surface area (Å²) < 4.78 is 17.2. The second kappa shape index (κ2) is 6.92. The van der Waals surface area contributed by atoms with Gasteiger partial charge in [-0.2, -0.15) is 0 Å². The molecular weight excluding hydrogens is 237 g/mol. The molecule has 0 radical (unpaired) electrons. The van der Waals surface area contributed by atoms with Crippen LogP contribution in [-0.4, -0.2) is 18.5 Å². The first-order valence-corrected chi connectivity index (χ1v) is 7.45. The average molecular weight is 257 g/mol. The minimum atomic E-state index is -3.67. The van der Waals surface area contributed by atoms with Gasteiger partial charge in [0.2, 0.25) is 0 Å². The Morgan fingerprint density at radius 2 is 2.06 bits per heavy atom. The van der Waals surface area contributed by atoms with Crippen molar-refractivity contribution in [1.29, 1.82) is 0 Å². The summed E-state index contributed by atoms with van der Waals surface area (Å²) in [5.74, 6) is -0.666. The maximum atomic E-state index is 12.1. The van der Waals surface area contributed by atoms with Crippen LogP contribution in [0, 0.1) is 0 Å². The first kappa shape index (κ1) is 14.4. The van der Waals surface area contributed by atoms with Crippen molar-refractivity contribution in [3.8, 4) is 0 Å². The largest absolute Gasteiger partial charge is 0.349 e. The lowest BCUT2D eigenvalue weighted by atomic mass is 10.2. The number of benzene rings is 1. The first-order valence-electron chi connectivity index (χ1n) is 5.81. The molecule has 0 aromatic heterocycles. The van der Waals surface area contributed by atoms with Crippen LogP contribution in [0.3, 0.4) is 0 Å². The second-order valence-corrected chi connectivity index (χ2v) is 5.76. The third-order valence-electron chi connectivity index (χ3n) is 2.49. The zero-order valence-corrected chi connectivity index (χ0v) is 11.2. The molecule has 17 heavy (non-hydrogen) atoms. The molecule has 0 saturated heterocycles. The monoisotopic (exact) mass is 257 g/mol. The maximum Gasteiger partial charge on any atom is 0.349 e. The van der Waals surface area contributed by atoms with Crippen molar-refractivity contribution < 1.29 is 14.0 Å². The molecule has 0 amide bonds. The van der Waals surface area contributed by atoms with Gasteiger partial charge in [0, 0.05) is 0 Å². The van der Waals surface area contributed by atoms with E-state index < -0.39 is 13.4 Å². The van der Waals surface area contributed by atoms with Gasteiger partial charge >= 0.3 is 7.60 Å². The molecule has 5 heteroatoms. The summed E-state index contributed by atoms with van der Waals surface area (Å²) in [7, 11) is -2.01. The first-order chi connectivity index (χ1) is 8.11. The van der Waals surface area contributed by atoms with Gasteiger partial charge in [0.25, 0.3) is 0 Å². The fourth-order valence-corrected chi connectivity index (χ4v) is 2.98. The van der Waals surface area contributed by atoms with Crippen LogP contribution in [0.5, 0.6) is 0 Å². The van der Waals surface area contributed by atoms with E-state index in [1.54, 1.807) is 7.05 Å². The SMILES string of the molecule is CCCCOP(=O)(O)C(NC)c1ccccc1. The normalized spacial score (nSPS) is 16.4. The van der Waals surface area contributed by atoms with E-state index in [0.717, 1.165) is 18.4 Å². The van der Waals surface area contributed by atoms with E-state index in [1.807, 2.05) is 37.3 Å². The van der Waals surface area contributed by atoms with Gasteiger partial charge in [-0.1, -0.05) is 43.7 Å². The Bertz CT molecular complexity index is 369. The summed E-state index contributed by atoms with van der Waals surface area (Å²) in [4.78, 5) is 9.93. The zero-order valence-electron chi connectivity index (χ0n) is 10.3. The molecule has 1 aromatic rings. The van der Waals surface area contributed by atoms with E-state index in [1.165, 1.54) is 0 Å². The van der Waals surface area contributed by atoms with Gasteiger partial charge in [0.15, 0.2) is 0 Å².